The summed E-state index contributed by atoms with van der Waals surface area (Å²) in [7, 11) is -2.16. The Labute approximate surface area is 158 Å². The second kappa shape index (κ2) is 8.45. The molecule has 0 bridgehead atoms. The van der Waals surface area contributed by atoms with Gasteiger partial charge in [0, 0.05) is 31.4 Å². The topological polar surface area (TPSA) is 101 Å². The molecule has 27 heavy (non-hydrogen) atoms. The first-order chi connectivity index (χ1) is 13.0. The van der Waals surface area contributed by atoms with Gasteiger partial charge in [-0.1, -0.05) is 6.42 Å². The van der Waals surface area contributed by atoms with Gasteiger partial charge < -0.3 is 4.74 Å². The minimum atomic E-state index is -3.69. The summed E-state index contributed by atoms with van der Waals surface area (Å²) in [5.41, 5.74) is 0. The van der Waals surface area contributed by atoms with E-state index in [-0.39, 0.29) is 23.2 Å². The van der Waals surface area contributed by atoms with Crippen LogP contribution in [0.2, 0.25) is 0 Å². The Balaban J connectivity index is 1.74. The number of benzene rings is 1. The molecular weight excluding hydrogens is 368 g/mol. The first-order valence-electron chi connectivity index (χ1n) is 8.73. The Bertz CT molecular complexity index is 872. The summed E-state index contributed by atoms with van der Waals surface area (Å²) in [4.78, 5) is 20.5. The van der Waals surface area contributed by atoms with Crippen molar-refractivity contribution in [2.45, 2.75) is 36.6 Å². The quantitative estimate of drug-likeness (QED) is 0.810. The molecule has 144 valence electrons. The highest BCUT2D eigenvalue weighted by atomic mass is 32.2. The molecule has 0 aliphatic carbocycles. The lowest BCUT2D eigenvalue weighted by molar-refractivity contribution is -0.117. The number of hydrogen-bond donors (Lipinski definition) is 1. The molecule has 0 saturated carbocycles. The summed E-state index contributed by atoms with van der Waals surface area (Å²) in [6.07, 6.45) is 5.42. The lowest BCUT2D eigenvalue weighted by Gasteiger charge is -2.34. The van der Waals surface area contributed by atoms with E-state index < -0.39 is 16.1 Å². The minimum absolute atomic E-state index is 0.0631. The van der Waals surface area contributed by atoms with E-state index in [0.29, 0.717) is 18.7 Å². The smallest absolute Gasteiger partial charge is 0.243 e. The molecule has 8 nitrogen and oxygen atoms in total. The molecule has 1 fully saturated rings. The van der Waals surface area contributed by atoms with Gasteiger partial charge in [0.2, 0.25) is 21.9 Å². The Morgan fingerprint density at radius 2 is 1.93 bits per heavy atom. The number of carbonyl (C=O) groups excluding carboxylic acids is 1. The number of sulfonamides is 1. The van der Waals surface area contributed by atoms with Crippen molar-refractivity contribution in [1.29, 1.82) is 0 Å². The molecule has 1 amide bonds. The van der Waals surface area contributed by atoms with E-state index in [2.05, 4.69) is 15.3 Å². The van der Waals surface area contributed by atoms with Crippen molar-refractivity contribution in [2.75, 3.05) is 19.0 Å². The fourth-order valence-corrected chi connectivity index (χ4v) is 4.82. The van der Waals surface area contributed by atoms with E-state index in [1.165, 1.54) is 35.9 Å². The predicted molar refractivity (Wildman–Crippen MR) is 99.8 cm³/mol. The van der Waals surface area contributed by atoms with Crippen LogP contribution in [0, 0.1) is 0 Å². The van der Waals surface area contributed by atoms with Gasteiger partial charge >= 0.3 is 0 Å². The molecule has 1 aromatic heterocycles. The molecule has 1 aromatic carbocycles. The molecule has 1 atom stereocenters. The highest BCUT2D eigenvalue weighted by Crippen LogP contribution is 2.28. The Hall–Kier alpha value is -2.52. The Kier molecular flexibility index (Phi) is 6.02. The third-order valence-corrected chi connectivity index (χ3v) is 6.44. The molecule has 2 aromatic rings. The van der Waals surface area contributed by atoms with Crippen LogP contribution in [0.1, 0.15) is 25.7 Å². The van der Waals surface area contributed by atoms with Crippen molar-refractivity contribution in [3.8, 4) is 5.75 Å². The van der Waals surface area contributed by atoms with Crippen LogP contribution in [-0.2, 0) is 14.8 Å². The second-order valence-electron chi connectivity index (χ2n) is 6.27. The summed E-state index contributed by atoms with van der Waals surface area (Å²) >= 11 is 0. The van der Waals surface area contributed by atoms with Crippen molar-refractivity contribution in [2.24, 2.45) is 0 Å². The molecule has 0 radical (unpaired) electrons. The van der Waals surface area contributed by atoms with E-state index in [1.807, 2.05) is 0 Å². The number of ether oxygens (including phenoxy) is 1. The van der Waals surface area contributed by atoms with Crippen molar-refractivity contribution < 1.29 is 17.9 Å². The van der Waals surface area contributed by atoms with Gasteiger partial charge in [-0.05, 0) is 43.2 Å². The molecule has 1 aliphatic heterocycles. The van der Waals surface area contributed by atoms with Gasteiger partial charge in [0.1, 0.15) is 5.75 Å². The van der Waals surface area contributed by atoms with Gasteiger partial charge in [-0.3, -0.25) is 10.1 Å². The Morgan fingerprint density at radius 3 is 2.59 bits per heavy atom. The lowest BCUT2D eigenvalue weighted by atomic mass is 10.0. The van der Waals surface area contributed by atoms with E-state index in [9.17, 15) is 13.2 Å². The van der Waals surface area contributed by atoms with E-state index >= 15 is 0 Å². The maximum atomic E-state index is 13.1. The summed E-state index contributed by atoms with van der Waals surface area (Å²) < 4.78 is 32.7. The fourth-order valence-electron chi connectivity index (χ4n) is 3.13. The van der Waals surface area contributed by atoms with Crippen LogP contribution in [0.4, 0.5) is 5.95 Å². The number of methoxy groups -OCH3 is 1. The number of carbonyl (C=O) groups is 1. The first-order valence-corrected chi connectivity index (χ1v) is 10.2. The highest BCUT2D eigenvalue weighted by Gasteiger charge is 2.34. The van der Waals surface area contributed by atoms with Gasteiger partial charge in [0.25, 0.3) is 0 Å². The molecule has 0 spiro atoms. The molecular formula is C18H22N4O4S. The molecule has 1 N–H and O–H groups in total. The van der Waals surface area contributed by atoms with Gasteiger partial charge in [0.05, 0.1) is 12.0 Å². The first kappa shape index (κ1) is 19.2. The van der Waals surface area contributed by atoms with Crippen LogP contribution in [0.3, 0.4) is 0 Å². The number of nitrogens with zero attached hydrogens (tertiary/aromatic N) is 3. The van der Waals surface area contributed by atoms with Crippen molar-refractivity contribution >= 4 is 21.9 Å². The van der Waals surface area contributed by atoms with Crippen LogP contribution in [0.5, 0.6) is 5.75 Å². The number of hydrogen-bond acceptors (Lipinski definition) is 6. The number of piperidine rings is 1. The number of aromatic nitrogens is 2. The number of anilines is 1. The zero-order valence-corrected chi connectivity index (χ0v) is 15.9. The maximum absolute atomic E-state index is 13.1. The zero-order valence-electron chi connectivity index (χ0n) is 15.0. The maximum Gasteiger partial charge on any atom is 0.243 e. The van der Waals surface area contributed by atoms with Gasteiger partial charge in [-0.15, -0.1) is 0 Å². The molecule has 1 saturated heterocycles. The van der Waals surface area contributed by atoms with Crippen LogP contribution in [0.25, 0.3) is 0 Å². The SMILES string of the molecule is COc1ccc(S(=O)(=O)N2CCCC[C@H]2CC(=O)Nc2ncccn2)cc1. The number of nitrogens with one attached hydrogen (secondary N) is 1. The van der Waals surface area contributed by atoms with Gasteiger partial charge in [-0.2, -0.15) is 4.31 Å². The summed E-state index contributed by atoms with van der Waals surface area (Å²) in [5, 5.41) is 2.62. The van der Waals surface area contributed by atoms with Gasteiger partial charge in [-0.25, -0.2) is 18.4 Å². The van der Waals surface area contributed by atoms with Crippen molar-refractivity contribution in [1.82, 2.24) is 14.3 Å². The van der Waals surface area contributed by atoms with E-state index in [1.54, 1.807) is 18.2 Å². The predicted octanol–water partition coefficient (Wildman–Crippen LogP) is 2.06. The van der Waals surface area contributed by atoms with E-state index in [0.717, 1.165) is 12.8 Å². The third-order valence-electron chi connectivity index (χ3n) is 4.48. The fraction of sp³-hybridized carbons (Fsp3) is 0.389. The molecule has 0 unspecified atom stereocenters. The average Bonchev–Trinajstić information content (AvgIpc) is 2.69. The van der Waals surface area contributed by atoms with Crippen LogP contribution in [-0.4, -0.2) is 48.3 Å². The van der Waals surface area contributed by atoms with Crippen LogP contribution >= 0.6 is 0 Å². The summed E-state index contributed by atoms with van der Waals surface area (Å²) in [6, 6.07) is 7.54. The normalized spacial score (nSPS) is 18.0. The molecule has 2 heterocycles. The monoisotopic (exact) mass is 390 g/mol. The average molecular weight is 390 g/mol. The van der Waals surface area contributed by atoms with Gasteiger partial charge in [0.15, 0.2) is 0 Å². The lowest BCUT2D eigenvalue weighted by Crippen LogP contribution is -2.45. The van der Waals surface area contributed by atoms with Crippen LogP contribution in [0.15, 0.2) is 47.6 Å². The minimum Gasteiger partial charge on any atom is -0.497 e. The summed E-state index contributed by atoms with van der Waals surface area (Å²) in [5.74, 6) is 0.497. The number of amides is 1. The number of rotatable bonds is 6. The van der Waals surface area contributed by atoms with Crippen molar-refractivity contribution in [3.05, 3.63) is 42.7 Å². The second-order valence-corrected chi connectivity index (χ2v) is 8.16. The zero-order chi connectivity index (χ0) is 19.3. The van der Waals surface area contributed by atoms with E-state index in [4.69, 9.17) is 4.74 Å². The molecule has 1 aliphatic rings. The van der Waals surface area contributed by atoms with Crippen LogP contribution < -0.4 is 10.1 Å². The summed E-state index contributed by atoms with van der Waals surface area (Å²) in [6.45, 7) is 0.397. The molecule has 9 heteroatoms. The molecule has 3 rings (SSSR count). The van der Waals surface area contributed by atoms with Crippen molar-refractivity contribution in [3.63, 3.8) is 0 Å². The standard InChI is InChI=1S/C18H22N4O4S/c1-26-15-6-8-16(9-7-15)27(24,25)22-12-3-2-5-14(22)13-17(23)21-18-19-10-4-11-20-18/h4,6-11,14H,2-3,5,12-13H2,1H3,(H,19,20,21,23)/t14-/m0/s1. The third kappa shape index (κ3) is 4.61. The highest BCUT2D eigenvalue weighted by molar-refractivity contribution is 7.89. The Morgan fingerprint density at radius 1 is 1.22 bits per heavy atom. The largest absolute Gasteiger partial charge is 0.497 e.